The van der Waals surface area contributed by atoms with Crippen LogP contribution in [0, 0.1) is 11.8 Å². The zero-order chi connectivity index (χ0) is 27.9. The molecule has 0 bridgehead atoms. The van der Waals surface area contributed by atoms with E-state index in [0.29, 0.717) is 11.7 Å². The first-order chi connectivity index (χ1) is 19.3. The van der Waals surface area contributed by atoms with Gasteiger partial charge in [-0.3, -0.25) is 4.79 Å². The Labute approximate surface area is 239 Å². The van der Waals surface area contributed by atoms with Gasteiger partial charge in [0.25, 0.3) is 5.91 Å². The van der Waals surface area contributed by atoms with Crippen molar-refractivity contribution in [1.29, 1.82) is 0 Å². The first-order valence-electron chi connectivity index (χ1n) is 15.2. The summed E-state index contributed by atoms with van der Waals surface area (Å²) in [6.07, 6.45) is 6.30. The van der Waals surface area contributed by atoms with Crippen LogP contribution in [-0.2, 0) is 10.2 Å². The number of aromatic hydroxyl groups is 1. The molecule has 3 aromatic carbocycles. The van der Waals surface area contributed by atoms with Crippen LogP contribution in [0.25, 0.3) is 10.8 Å². The number of phenols is 1. The van der Waals surface area contributed by atoms with Gasteiger partial charge >= 0.3 is 0 Å². The van der Waals surface area contributed by atoms with Crippen molar-refractivity contribution in [3.05, 3.63) is 77.9 Å². The third-order valence-corrected chi connectivity index (χ3v) is 9.93. The van der Waals surface area contributed by atoms with Crippen LogP contribution in [0.1, 0.15) is 68.3 Å². The number of nitrogens with zero attached hydrogens (tertiary/aromatic N) is 2. The summed E-state index contributed by atoms with van der Waals surface area (Å²) in [6, 6.07) is 22.3. The molecule has 0 radical (unpaired) electrons. The van der Waals surface area contributed by atoms with E-state index < -0.39 is 0 Å². The summed E-state index contributed by atoms with van der Waals surface area (Å²) in [5, 5.41) is 12.8. The topological polar surface area (TPSA) is 53.0 Å². The SMILES string of the molecule is COC12CCC(N(CC(C)C)C(=O)c3ccc4ccccc4c3)CC1(c1cccc(O)c1)CCN(CC1CC1)C2. The molecule has 3 fully saturated rings. The van der Waals surface area contributed by atoms with Crippen molar-refractivity contribution in [3.63, 3.8) is 0 Å². The number of carbonyl (C=O) groups excluding carboxylic acids is 1. The molecule has 1 N–H and O–H groups in total. The Hall–Kier alpha value is -2.89. The van der Waals surface area contributed by atoms with Crippen molar-refractivity contribution < 1.29 is 14.6 Å². The van der Waals surface area contributed by atoms with Crippen molar-refractivity contribution in [2.75, 3.05) is 33.3 Å². The van der Waals surface area contributed by atoms with Gasteiger partial charge in [-0.05, 0) is 97.5 Å². The van der Waals surface area contributed by atoms with E-state index in [1.807, 2.05) is 37.4 Å². The molecule has 1 amide bonds. The molecule has 3 unspecified atom stereocenters. The molecule has 5 heteroatoms. The highest BCUT2D eigenvalue weighted by molar-refractivity contribution is 5.98. The number of ether oxygens (including phenoxy) is 1. The summed E-state index contributed by atoms with van der Waals surface area (Å²) >= 11 is 0. The van der Waals surface area contributed by atoms with Gasteiger partial charge in [0.05, 0.1) is 5.60 Å². The summed E-state index contributed by atoms with van der Waals surface area (Å²) in [6.45, 7) is 8.21. The predicted octanol–water partition coefficient (Wildman–Crippen LogP) is 6.64. The number of carbonyl (C=O) groups is 1. The fourth-order valence-corrected chi connectivity index (χ4v) is 7.74. The predicted molar refractivity (Wildman–Crippen MR) is 161 cm³/mol. The first-order valence-corrected chi connectivity index (χ1v) is 15.2. The highest BCUT2D eigenvalue weighted by Gasteiger charge is 2.60. The van der Waals surface area contributed by atoms with E-state index >= 15 is 0 Å². The molecule has 1 heterocycles. The van der Waals surface area contributed by atoms with Crippen molar-refractivity contribution in [3.8, 4) is 5.75 Å². The molecule has 6 rings (SSSR count). The van der Waals surface area contributed by atoms with Gasteiger partial charge in [0, 0.05) is 43.8 Å². The zero-order valence-corrected chi connectivity index (χ0v) is 24.3. The number of phenolic OH excluding ortho intramolecular Hbond substituents is 1. The molecule has 3 aromatic rings. The molecule has 1 saturated heterocycles. The van der Waals surface area contributed by atoms with E-state index in [9.17, 15) is 9.90 Å². The van der Waals surface area contributed by atoms with E-state index in [2.05, 4.69) is 54.0 Å². The number of hydrogen-bond donors (Lipinski definition) is 1. The smallest absolute Gasteiger partial charge is 0.254 e. The maximum Gasteiger partial charge on any atom is 0.254 e. The summed E-state index contributed by atoms with van der Waals surface area (Å²) in [7, 11) is 1.88. The third kappa shape index (κ3) is 5.03. The summed E-state index contributed by atoms with van der Waals surface area (Å²) in [5.74, 6) is 1.60. The Morgan fingerprint density at radius 1 is 1.02 bits per heavy atom. The average Bonchev–Trinajstić information content (AvgIpc) is 3.79. The van der Waals surface area contributed by atoms with Gasteiger partial charge in [-0.1, -0.05) is 56.3 Å². The number of likely N-dealkylation sites (tertiary alicyclic amines) is 1. The van der Waals surface area contributed by atoms with Gasteiger partial charge in [-0.2, -0.15) is 0 Å². The molecular formula is C35H44N2O3. The highest BCUT2D eigenvalue weighted by Crippen LogP contribution is 2.55. The molecule has 0 spiro atoms. The molecule has 0 aromatic heterocycles. The van der Waals surface area contributed by atoms with Crippen LogP contribution in [0.5, 0.6) is 5.75 Å². The van der Waals surface area contributed by atoms with Crippen molar-refractivity contribution >= 4 is 16.7 Å². The van der Waals surface area contributed by atoms with Gasteiger partial charge < -0.3 is 19.6 Å². The lowest BCUT2D eigenvalue weighted by molar-refractivity contribution is -0.155. The summed E-state index contributed by atoms with van der Waals surface area (Å²) in [5.41, 5.74) is 1.28. The normalized spacial score (nSPS) is 27.1. The Kier molecular flexibility index (Phi) is 7.39. The lowest BCUT2D eigenvalue weighted by Gasteiger charge is -2.61. The van der Waals surface area contributed by atoms with Gasteiger partial charge in [-0.25, -0.2) is 0 Å². The minimum atomic E-state index is -0.347. The number of hydrogen-bond acceptors (Lipinski definition) is 4. The molecule has 3 atom stereocenters. The van der Waals surface area contributed by atoms with Crippen LogP contribution in [-0.4, -0.2) is 65.7 Å². The van der Waals surface area contributed by atoms with E-state index in [0.717, 1.165) is 79.7 Å². The minimum absolute atomic E-state index is 0.0991. The number of methoxy groups -OCH3 is 1. The summed E-state index contributed by atoms with van der Waals surface area (Å²) in [4.78, 5) is 19.0. The van der Waals surface area contributed by atoms with E-state index in [4.69, 9.17) is 4.74 Å². The second-order valence-corrected chi connectivity index (χ2v) is 13.1. The third-order valence-electron chi connectivity index (χ3n) is 9.93. The van der Waals surface area contributed by atoms with Crippen molar-refractivity contribution in [2.45, 2.75) is 69.4 Å². The van der Waals surface area contributed by atoms with E-state index in [1.165, 1.54) is 12.8 Å². The van der Waals surface area contributed by atoms with Gasteiger partial charge in [0.2, 0.25) is 0 Å². The number of rotatable bonds is 8. The molecule has 1 aliphatic heterocycles. The zero-order valence-electron chi connectivity index (χ0n) is 24.3. The monoisotopic (exact) mass is 540 g/mol. The number of benzene rings is 3. The van der Waals surface area contributed by atoms with Gasteiger partial charge in [0.15, 0.2) is 0 Å². The molecule has 212 valence electrons. The van der Waals surface area contributed by atoms with Crippen LogP contribution in [0.2, 0.25) is 0 Å². The second-order valence-electron chi connectivity index (χ2n) is 13.1. The maximum absolute atomic E-state index is 14.3. The lowest BCUT2D eigenvalue weighted by atomic mass is 9.55. The largest absolute Gasteiger partial charge is 0.508 e. The quantitative estimate of drug-likeness (QED) is 0.348. The molecule has 5 nitrogen and oxygen atoms in total. The molecule has 40 heavy (non-hydrogen) atoms. The van der Waals surface area contributed by atoms with Gasteiger partial charge in [0.1, 0.15) is 5.75 Å². The lowest BCUT2D eigenvalue weighted by Crippen LogP contribution is -2.68. The van der Waals surface area contributed by atoms with Crippen molar-refractivity contribution in [2.24, 2.45) is 11.8 Å². The Morgan fingerprint density at radius 3 is 2.55 bits per heavy atom. The van der Waals surface area contributed by atoms with Crippen LogP contribution >= 0.6 is 0 Å². The molecular weight excluding hydrogens is 496 g/mol. The fraction of sp³-hybridized carbons (Fsp3) is 0.514. The summed E-state index contributed by atoms with van der Waals surface area (Å²) < 4.78 is 6.59. The number of piperidine rings is 1. The number of amides is 1. The van der Waals surface area contributed by atoms with Crippen LogP contribution in [0.15, 0.2) is 66.7 Å². The van der Waals surface area contributed by atoms with Gasteiger partial charge in [-0.15, -0.1) is 0 Å². The molecule has 2 aliphatic carbocycles. The van der Waals surface area contributed by atoms with Crippen LogP contribution < -0.4 is 0 Å². The molecule has 2 saturated carbocycles. The first kappa shape index (κ1) is 27.3. The average molecular weight is 541 g/mol. The Bertz CT molecular complexity index is 1370. The van der Waals surface area contributed by atoms with Crippen molar-refractivity contribution in [1.82, 2.24) is 9.80 Å². The minimum Gasteiger partial charge on any atom is -0.508 e. The Morgan fingerprint density at radius 2 is 1.82 bits per heavy atom. The maximum atomic E-state index is 14.3. The highest BCUT2D eigenvalue weighted by atomic mass is 16.5. The molecule has 3 aliphatic rings. The number of fused-ring (bicyclic) bond motifs is 2. The standard InChI is InChI=1S/C35H44N2O3/c1-25(2)22-37(33(39)29-14-13-27-7-4-5-8-28(27)19-29)31-15-16-35(40-3)24-36(23-26-11-12-26)18-17-34(35,21-31)30-9-6-10-32(38)20-30/h4-10,13-14,19-20,25-26,31,38H,11-12,15-18,21-24H2,1-3H3. The van der Waals surface area contributed by atoms with E-state index in [-0.39, 0.29) is 23.0 Å². The second kappa shape index (κ2) is 10.8. The van der Waals surface area contributed by atoms with E-state index in [1.54, 1.807) is 6.07 Å². The fourth-order valence-electron chi connectivity index (χ4n) is 7.74. The van der Waals surface area contributed by atoms with Crippen LogP contribution in [0.4, 0.5) is 0 Å². The van der Waals surface area contributed by atoms with Crippen LogP contribution in [0.3, 0.4) is 0 Å². The Balaban J connectivity index is 1.37.